The van der Waals surface area contributed by atoms with E-state index in [0.717, 1.165) is 5.76 Å². The van der Waals surface area contributed by atoms with E-state index in [1.807, 2.05) is 19.9 Å². The summed E-state index contributed by atoms with van der Waals surface area (Å²) in [5, 5.41) is 2.71. The van der Waals surface area contributed by atoms with Crippen LogP contribution >= 0.6 is 0 Å². The van der Waals surface area contributed by atoms with E-state index >= 15 is 0 Å². The molecule has 5 heteroatoms. The maximum absolute atomic E-state index is 11.8. The first-order valence-electron chi connectivity index (χ1n) is 6.42. The van der Waals surface area contributed by atoms with Crippen LogP contribution in [0.5, 0.6) is 0 Å². The summed E-state index contributed by atoms with van der Waals surface area (Å²) in [5.74, 6) is 0.482. The van der Waals surface area contributed by atoms with Gasteiger partial charge in [-0.25, -0.2) is 4.79 Å². The van der Waals surface area contributed by atoms with Gasteiger partial charge < -0.3 is 14.5 Å². The Kier molecular flexibility index (Phi) is 6.12. The van der Waals surface area contributed by atoms with Gasteiger partial charge in [0.2, 0.25) is 5.91 Å². The molecule has 1 atom stereocenters. The van der Waals surface area contributed by atoms with Gasteiger partial charge >= 0.3 is 5.97 Å². The summed E-state index contributed by atoms with van der Waals surface area (Å²) in [5.41, 5.74) is 0. The van der Waals surface area contributed by atoms with Gasteiger partial charge in [0.1, 0.15) is 11.8 Å². The summed E-state index contributed by atoms with van der Waals surface area (Å²) in [6, 6.07) is 3.02. The van der Waals surface area contributed by atoms with E-state index in [4.69, 9.17) is 9.15 Å². The van der Waals surface area contributed by atoms with E-state index in [1.54, 1.807) is 12.3 Å². The summed E-state index contributed by atoms with van der Waals surface area (Å²) in [7, 11) is 1.32. The van der Waals surface area contributed by atoms with Crippen molar-refractivity contribution >= 4 is 11.9 Å². The molecular weight excluding hydrogens is 246 g/mol. The lowest BCUT2D eigenvalue weighted by molar-refractivity contribution is -0.145. The molecule has 1 N–H and O–H groups in total. The molecule has 0 bridgehead atoms. The Bertz CT molecular complexity index is 398. The lowest BCUT2D eigenvalue weighted by Crippen LogP contribution is -2.42. The molecule has 1 amide bonds. The third-order valence-electron chi connectivity index (χ3n) is 2.71. The van der Waals surface area contributed by atoms with Crippen LogP contribution in [0.15, 0.2) is 22.8 Å². The zero-order chi connectivity index (χ0) is 14.3. The number of furan rings is 1. The van der Waals surface area contributed by atoms with E-state index in [0.29, 0.717) is 25.2 Å². The van der Waals surface area contributed by atoms with Crippen molar-refractivity contribution in [2.45, 2.75) is 39.2 Å². The van der Waals surface area contributed by atoms with E-state index in [9.17, 15) is 9.59 Å². The summed E-state index contributed by atoms with van der Waals surface area (Å²) in [6.07, 6.45) is 2.95. The molecule has 0 radical (unpaired) electrons. The normalized spacial score (nSPS) is 12.2. The van der Waals surface area contributed by atoms with Gasteiger partial charge in [-0.1, -0.05) is 13.8 Å². The highest BCUT2D eigenvalue weighted by atomic mass is 16.5. The van der Waals surface area contributed by atoms with E-state index in [2.05, 4.69) is 5.32 Å². The number of aryl methyl sites for hydroxylation is 1. The maximum atomic E-state index is 11.8. The topological polar surface area (TPSA) is 68.5 Å². The zero-order valence-electron chi connectivity index (χ0n) is 11.6. The lowest BCUT2D eigenvalue weighted by Gasteiger charge is -2.18. The number of carbonyl (C=O) groups excluding carboxylic acids is 2. The molecule has 0 unspecified atom stereocenters. The second-order valence-electron chi connectivity index (χ2n) is 4.85. The van der Waals surface area contributed by atoms with Gasteiger partial charge in [-0.05, 0) is 24.5 Å². The summed E-state index contributed by atoms with van der Waals surface area (Å²) >= 11 is 0. The first kappa shape index (κ1) is 15.3. The molecule has 0 aliphatic heterocycles. The van der Waals surface area contributed by atoms with Crippen molar-refractivity contribution in [3.05, 3.63) is 24.2 Å². The smallest absolute Gasteiger partial charge is 0.328 e. The van der Waals surface area contributed by atoms with Gasteiger partial charge in [-0.15, -0.1) is 0 Å². The molecule has 19 heavy (non-hydrogen) atoms. The molecule has 1 heterocycles. The van der Waals surface area contributed by atoms with Crippen LogP contribution in [0.4, 0.5) is 0 Å². The Morgan fingerprint density at radius 1 is 1.42 bits per heavy atom. The number of rotatable bonds is 7. The number of hydrogen-bond acceptors (Lipinski definition) is 4. The molecule has 0 fully saturated rings. The minimum Gasteiger partial charge on any atom is -0.469 e. The molecule has 5 nitrogen and oxygen atoms in total. The molecule has 1 aromatic heterocycles. The van der Waals surface area contributed by atoms with Gasteiger partial charge in [0.25, 0.3) is 0 Å². The highest BCUT2D eigenvalue weighted by molar-refractivity contribution is 5.84. The fraction of sp³-hybridized carbons (Fsp3) is 0.571. The van der Waals surface area contributed by atoms with Crippen molar-refractivity contribution in [3.63, 3.8) is 0 Å². The number of hydrogen-bond donors (Lipinski definition) is 1. The van der Waals surface area contributed by atoms with Crippen LogP contribution in [0.1, 0.15) is 32.4 Å². The largest absolute Gasteiger partial charge is 0.469 e. The summed E-state index contributed by atoms with van der Waals surface area (Å²) in [4.78, 5) is 23.4. The van der Waals surface area contributed by atoms with E-state index in [1.165, 1.54) is 7.11 Å². The van der Waals surface area contributed by atoms with Crippen molar-refractivity contribution in [2.24, 2.45) is 5.92 Å². The highest BCUT2D eigenvalue weighted by Crippen LogP contribution is 2.08. The number of amides is 1. The number of nitrogens with one attached hydrogen (secondary N) is 1. The second kappa shape index (κ2) is 7.61. The van der Waals surface area contributed by atoms with Crippen LogP contribution < -0.4 is 5.32 Å². The molecule has 1 aromatic rings. The SMILES string of the molecule is COC(=O)[C@@H](CC(C)C)NC(=O)CCc1ccco1. The third kappa shape index (κ3) is 5.59. The molecule has 0 saturated carbocycles. The van der Waals surface area contributed by atoms with Crippen LogP contribution in [-0.4, -0.2) is 25.0 Å². The van der Waals surface area contributed by atoms with Crippen molar-refractivity contribution in [1.29, 1.82) is 0 Å². The lowest BCUT2D eigenvalue weighted by atomic mass is 10.0. The van der Waals surface area contributed by atoms with Crippen molar-refractivity contribution in [1.82, 2.24) is 5.32 Å². The van der Waals surface area contributed by atoms with Crippen LogP contribution in [0.3, 0.4) is 0 Å². The molecule has 0 spiro atoms. The van der Waals surface area contributed by atoms with Crippen molar-refractivity contribution in [3.8, 4) is 0 Å². The maximum Gasteiger partial charge on any atom is 0.328 e. The van der Waals surface area contributed by atoms with Gasteiger partial charge in [0, 0.05) is 12.8 Å². The third-order valence-corrected chi connectivity index (χ3v) is 2.71. The van der Waals surface area contributed by atoms with Crippen LogP contribution in [0, 0.1) is 5.92 Å². The predicted molar refractivity (Wildman–Crippen MR) is 70.4 cm³/mol. The van der Waals surface area contributed by atoms with Gasteiger partial charge in [-0.3, -0.25) is 4.79 Å². The number of carbonyl (C=O) groups is 2. The van der Waals surface area contributed by atoms with Gasteiger partial charge in [-0.2, -0.15) is 0 Å². The molecule has 0 saturated heterocycles. The monoisotopic (exact) mass is 267 g/mol. The minimum absolute atomic E-state index is 0.174. The van der Waals surface area contributed by atoms with E-state index < -0.39 is 12.0 Å². The Balaban J connectivity index is 2.44. The number of ether oxygens (including phenoxy) is 1. The molecule has 106 valence electrons. The van der Waals surface area contributed by atoms with Crippen LogP contribution in [0.2, 0.25) is 0 Å². The Morgan fingerprint density at radius 3 is 2.68 bits per heavy atom. The molecule has 0 aromatic carbocycles. The van der Waals surface area contributed by atoms with E-state index in [-0.39, 0.29) is 5.91 Å². The predicted octanol–water partition coefficient (Wildman–Crippen LogP) is 1.92. The van der Waals surface area contributed by atoms with Crippen molar-refractivity contribution < 1.29 is 18.7 Å². The fourth-order valence-corrected chi connectivity index (χ4v) is 1.79. The quantitative estimate of drug-likeness (QED) is 0.766. The average molecular weight is 267 g/mol. The highest BCUT2D eigenvalue weighted by Gasteiger charge is 2.22. The van der Waals surface area contributed by atoms with Crippen LogP contribution in [0.25, 0.3) is 0 Å². The fourth-order valence-electron chi connectivity index (χ4n) is 1.79. The van der Waals surface area contributed by atoms with Gasteiger partial charge in [0.15, 0.2) is 0 Å². The molecular formula is C14H21NO4. The van der Waals surface area contributed by atoms with Gasteiger partial charge in [0.05, 0.1) is 13.4 Å². The Labute approximate surface area is 113 Å². The Morgan fingerprint density at radius 2 is 2.16 bits per heavy atom. The van der Waals surface area contributed by atoms with Crippen molar-refractivity contribution in [2.75, 3.05) is 7.11 Å². The second-order valence-corrected chi connectivity index (χ2v) is 4.85. The number of esters is 1. The zero-order valence-corrected chi connectivity index (χ0v) is 11.6. The van der Waals surface area contributed by atoms with Crippen LogP contribution in [-0.2, 0) is 20.7 Å². The first-order chi connectivity index (χ1) is 9.02. The average Bonchev–Trinajstić information content (AvgIpc) is 2.87. The first-order valence-corrected chi connectivity index (χ1v) is 6.42. The molecule has 1 rings (SSSR count). The summed E-state index contributed by atoms with van der Waals surface area (Å²) in [6.45, 7) is 3.98. The summed E-state index contributed by atoms with van der Waals surface area (Å²) < 4.78 is 9.84. The molecule has 0 aliphatic rings. The minimum atomic E-state index is -0.575. The number of methoxy groups -OCH3 is 1. The Hall–Kier alpha value is -1.78. The standard InChI is InChI=1S/C14H21NO4/c1-10(2)9-12(14(17)18-3)15-13(16)7-6-11-5-4-8-19-11/h4-5,8,10,12H,6-7,9H2,1-3H3,(H,15,16)/t12-/m1/s1. The molecule has 0 aliphatic carbocycles.